The summed E-state index contributed by atoms with van der Waals surface area (Å²) >= 11 is 0. The molecule has 0 aromatic heterocycles. The molecule has 1 aliphatic rings. The molecular formula is C24H23FN2O3. The Balaban J connectivity index is 1.36. The lowest BCUT2D eigenvalue weighted by atomic mass is 10.1. The number of halogens is 1. The van der Waals surface area contributed by atoms with Gasteiger partial charge in [-0.3, -0.25) is 4.79 Å². The van der Waals surface area contributed by atoms with Gasteiger partial charge < -0.3 is 19.6 Å². The van der Waals surface area contributed by atoms with Crippen LogP contribution in [-0.2, 0) is 6.61 Å². The van der Waals surface area contributed by atoms with Gasteiger partial charge in [-0.15, -0.1) is 0 Å². The number of ether oxygens (including phenoxy) is 1. The van der Waals surface area contributed by atoms with Crippen molar-refractivity contribution in [3.05, 3.63) is 89.7 Å². The predicted octanol–water partition coefficient (Wildman–Crippen LogP) is 4.07. The van der Waals surface area contributed by atoms with Gasteiger partial charge in [-0.1, -0.05) is 30.3 Å². The topological polar surface area (TPSA) is 53.0 Å². The van der Waals surface area contributed by atoms with E-state index in [0.29, 0.717) is 44.1 Å². The number of aromatic hydroxyl groups is 1. The van der Waals surface area contributed by atoms with E-state index in [9.17, 15) is 14.3 Å². The van der Waals surface area contributed by atoms with Crippen molar-refractivity contribution in [2.75, 3.05) is 31.1 Å². The summed E-state index contributed by atoms with van der Waals surface area (Å²) in [6.45, 7) is 2.77. The second-order valence-corrected chi connectivity index (χ2v) is 7.21. The number of carbonyl (C=O) groups excluding carboxylic acids is 1. The lowest BCUT2D eigenvalue weighted by Gasteiger charge is -2.36. The summed E-state index contributed by atoms with van der Waals surface area (Å²) in [6.07, 6.45) is 0. The van der Waals surface area contributed by atoms with Crippen LogP contribution in [0.4, 0.5) is 10.1 Å². The zero-order chi connectivity index (χ0) is 20.9. The molecule has 30 heavy (non-hydrogen) atoms. The van der Waals surface area contributed by atoms with E-state index in [-0.39, 0.29) is 17.5 Å². The summed E-state index contributed by atoms with van der Waals surface area (Å²) in [6, 6.07) is 20.5. The highest BCUT2D eigenvalue weighted by Gasteiger charge is 2.23. The lowest BCUT2D eigenvalue weighted by molar-refractivity contribution is 0.0746. The van der Waals surface area contributed by atoms with Crippen LogP contribution >= 0.6 is 0 Å². The molecule has 1 heterocycles. The van der Waals surface area contributed by atoms with Crippen LogP contribution in [-0.4, -0.2) is 42.1 Å². The summed E-state index contributed by atoms with van der Waals surface area (Å²) in [5.74, 6) is 0.523. The third-order valence-corrected chi connectivity index (χ3v) is 5.19. The molecule has 3 aromatic carbocycles. The van der Waals surface area contributed by atoms with E-state index in [1.807, 2.05) is 17.0 Å². The van der Waals surface area contributed by atoms with Crippen LogP contribution in [0.25, 0.3) is 0 Å². The second kappa shape index (κ2) is 8.86. The van der Waals surface area contributed by atoms with E-state index in [1.165, 1.54) is 12.1 Å². The minimum absolute atomic E-state index is 0.0424. The lowest BCUT2D eigenvalue weighted by Crippen LogP contribution is -2.48. The Labute approximate surface area is 174 Å². The number of hydrogen-bond acceptors (Lipinski definition) is 4. The molecule has 3 aromatic rings. The van der Waals surface area contributed by atoms with Gasteiger partial charge in [0.05, 0.1) is 5.69 Å². The van der Waals surface area contributed by atoms with Crippen LogP contribution in [0.15, 0.2) is 72.8 Å². The summed E-state index contributed by atoms with van der Waals surface area (Å²) in [4.78, 5) is 16.8. The quantitative estimate of drug-likeness (QED) is 0.694. The van der Waals surface area contributed by atoms with E-state index in [4.69, 9.17) is 4.74 Å². The Bertz CT molecular complexity index is 1010. The Morgan fingerprint density at radius 3 is 2.40 bits per heavy atom. The van der Waals surface area contributed by atoms with Gasteiger partial charge in [0.15, 0.2) is 0 Å². The largest absolute Gasteiger partial charge is 0.506 e. The Morgan fingerprint density at radius 1 is 0.933 bits per heavy atom. The molecule has 1 amide bonds. The molecule has 0 aliphatic carbocycles. The second-order valence-electron chi connectivity index (χ2n) is 7.21. The number of phenolic OH excluding ortho intramolecular Hbond substituents is 1. The predicted molar refractivity (Wildman–Crippen MR) is 113 cm³/mol. The van der Waals surface area contributed by atoms with Crippen molar-refractivity contribution in [3.63, 3.8) is 0 Å². The zero-order valence-electron chi connectivity index (χ0n) is 16.5. The van der Waals surface area contributed by atoms with Crippen LogP contribution in [0.2, 0.25) is 0 Å². The average Bonchev–Trinajstić information content (AvgIpc) is 2.79. The maximum Gasteiger partial charge on any atom is 0.254 e. The molecule has 6 heteroatoms. The number of carbonyl (C=O) groups is 1. The van der Waals surface area contributed by atoms with Crippen LogP contribution in [0, 0.1) is 5.82 Å². The van der Waals surface area contributed by atoms with E-state index in [0.717, 1.165) is 11.3 Å². The number of hydrogen-bond donors (Lipinski definition) is 1. The fourth-order valence-electron chi connectivity index (χ4n) is 3.53. The van der Waals surface area contributed by atoms with Crippen molar-refractivity contribution in [3.8, 4) is 11.5 Å². The molecular weight excluding hydrogens is 383 g/mol. The number of phenols is 1. The normalized spacial score (nSPS) is 13.9. The van der Waals surface area contributed by atoms with E-state index < -0.39 is 0 Å². The highest BCUT2D eigenvalue weighted by molar-refractivity contribution is 5.94. The molecule has 0 saturated carbocycles. The summed E-state index contributed by atoms with van der Waals surface area (Å²) in [5, 5.41) is 10.0. The Kier molecular flexibility index (Phi) is 5.84. The van der Waals surface area contributed by atoms with E-state index in [1.54, 1.807) is 48.5 Å². The molecule has 154 valence electrons. The van der Waals surface area contributed by atoms with Crippen LogP contribution in [0.3, 0.4) is 0 Å². The molecule has 0 radical (unpaired) electrons. The molecule has 5 nitrogen and oxygen atoms in total. The van der Waals surface area contributed by atoms with Crippen molar-refractivity contribution in [2.45, 2.75) is 6.61 Å². The van der Waals surface area contributed by atoms with Crippen molar-refractivity contribution in [1.82, 2.24) is 4.90 Å². The number of benzene rings is 3. The molecule has 0 atom stereocenters. The molecule has 1 N–H and O–H groups in total. The van der Waals surface area contributed by atoms with Gasteiger partial charge in [0, 0.05) is 31.7 Å². The number of rotatable bonds is 5. The van der Waals surface area contributed by atoms with Gasteiger partial charge in [-0.25, -0.2) is 4.39 Å². The Morgan fingerprint density at radius 2 is 1.67 bits per heavy atom. The number of para-hydroxylation sites is 2. The standard InChI is InChI=1S/C24H23FN2O3/c25-20-10-8-18(9-11-20)17-30-21-5-3-4-19(16-21)24(29)27-14-12-26(13-15-27)22-6-1-2-7-23(22)28/h1-11,16,28H,12-15,17H2. The monoisotopic (exact) mass is 406 g/mol. The van der Waals surface area contributed by atoms with Gasteiger partial charge in [-0.05, 0) is 48.0 Å². The molecule has 0 unspecified atom stereocenters. The molecule has 1 aliphatic heterocycles. The number of amides is 1. The van der Waals surface area contributed by atoms with Crippen molar-refractivity contribution in [1.29, 1.82) is 0 Å². The van der Waals surface area contributed by atoms with E-state index >= 15 is 0 Å². The maximum absolute atomic E-state index is 13.0. The summed E-state index contributed by atoms with van der Waals surface area (Å²) < 4.78 is 18.8. The first-order chi connectivity index (χ1) is 14.6. The fraction of sp³-hybridized carbons (Fsp3) is 0.208. The number of piperazine rings is 1. The molecule has 0 spiro atoms. The zero-order valence-corrected chi connectivity index (χ0v) is 16.5. The van der Waals surface area contributed by atoms with Gasteiger partial charge >= 0.3 is 0 Å². The molecule has 1 fully saturated rings. The first kappa shape index (κ1) is 19.8. The fourth-order valence-corrected chi connectivity index (χ4v) is 3.53. The van der Waals surface area contributed by atoms with Crippen molar-refractivity contribution in [2.24, 2.45) is 0 Å². The number of anilines is 1. The number of nitrogens with zero attached hydrogens (tertiary/aromatic N) is 2. The average molecular weight is 406 g/mol. The van der Waals surface area contributed by atoms with Gasteiger partial charge in [-0.2, -0.15) is 0 Å². The first-order valence-corrected chi connectivity index (χ1v) is 9.90. The SMILES string of the molecule is O=C(c1cccc(OCc2ccc(F)cc2)c1)N1CCN(c2ccccc2O)CC1. The van der Waals surface area contributed by atoms with Crippen molar-refractivity contribution < 1.29 is 19.0 Å². The van der Waals surface area contributed by atoms with Crippen LogP contribution < -0.4 is 9.64 Å². The highest BCUT2D eigenvalue weighted by Crippen LogP contribution is 2.27. The minimum Gasteiger partial charge on any atom is -0.506 e. The maximum atomic E-state index is 13.0. The van der Waals surface area contributed by atoms with Gasteiger partial charge in [0.1, 0.15) is 23.9 Å². The summed E-state index contributed by atoms with van der Waals surface area (Å²) in [5.41, 5.74) is 2.22. The van der Waals surface area contributed by atoms with Crippen LogP contribution in [0.5, 0.6) is 11.5 Å². The van der Waals surface area contributed by atoms with Crippen molar-refractivity contribution >= 4 is 11.6 Å². The van der Waals surface area contributed by atoms with Gasteiger partial charge in [0.2, 0.25) is 0 Å². The third-order valence-electron chi connectivity index (χ3n) is 5.19. The van der Waals surface area contributed by atoms with Crippen LogP contribution in [0.1, 0.15) is 15.9 Å². The smallest absolute Gasteiger partial charge is 0.254 e. The summed E-state index contributed by atoms with van der Waals surface area (Å²) in [7, 11) is 0. The molecule has 4 rings (SSSR count). The highest BCUT2D eigenvalue weighted by atomic mass is 19.1. The van der Waals surface area contributed by atoms with Gasteiger partial charge in [0.25, 0.3) is 5.91 Å². The molecule has 0 bridgehead atoms. The first-order valence-electron chi connectivity index (χ1n) is 9.90. The van der Waals surface area contributed by atoms with E-state index in [2.05, 4.69) is 4.90 Å². The Hall–Kier alpha value is -3.54. The minimum atomic E-state index is -0.283. The third kappa shape index (κ3) is 4.54. The molecule has 1 saturated heterocycles.